The first-order valence-corrected chi connectivity index (χ1v) is 11.6. The fourth-order valence-electron chi connectivity index (χ4n) is 3.12. The highest BCUT2D eigenvalue weighted by atomic mass is 32.2. The standard InChI is InChI=1S/C22H26N2O2S2/c1-16-10-12-17(13-11-16)23-21(25)14-27-15-22(26)24-19-8-4-5-9-20(19)28-18-6-2-3-7-18/h4-5,8-13,18H,2-3,6-7,14-15H2,1H3,(H,23,25)(H,24,26). The van der Waals surface area contributed by atoms with Gasteiger partial charge >= 0.3 is 0 Å². The van der Waals surface area contributed by atoms with Crippen LogP contribution in [-0.2, 0) is 9.59 Å². The molecule has 0 aromatic heterocycles. The lowest BCUT2D eigenvalue weighted by Gasteiger charge is -2.14. The SMILES string of the molecule is Cc1ccc(NC(=O)CSCC(=O)Nc2ccccc2SC2CCCC2)cc1. The Labute approximate surface area is 175 Å². The van der Waals surface area contributed by atoms with Crippen molar-refractivity contribution in [2.75, 3.05) is 22.1 Å². The number of benzene rings is 2. The maximum absolute atomic E-state index is 12.3. The Morgan fingerprint density at radius 3 is 2.29 bits per heavy atom. The Balaban J connectivity index is 1.43. The smallest absolute Gasteiger partial charge is 0.234 e. The molecule has 0 spiro atoms. The lowest BCUT2D eigenvalue weighted by Crippen LogP contribution is -2.18. The minimum absolute atomic E-state index is 0.0763. The van der Waals surface area contributed by atoms with Crippen molar-refractivity contribution in [3.63, 3.8) is 0 Å². The van der Waals surface area contributed by atoms with Gasteiger partial charge in [-0.3, -0.25) is 9.59 Å². The van der Waals surface area contributed by atoms with Crippen LogP contribution in [0.25, 0.3) is 0 Å². The molecule has 2 N–H and O–H groups in total. The van der Waals surface area contributed by atoms with Crippen molar-refractivity contribution in [2.45, 2.75) is 42.8 Å². The van der Waals surface area contributed by atoms with E-state index in [1.165, 1.54) is 37.4 Å². The first-order chi connectivity index (χ1) is 13.6. The normalized spacial score (nSPS) is 14.0. The van der Waals surface area contributed by atoms with Crippen LogP contribution in [0.5, 0.6) is 0 Å². The molecule has 0 atom stereocenters. The van der Waals surface area contributed by atoms with Gasteiger partial charge in [-0.05, 0) is 44.0 Å². The molecule has 0 bridgehead atoms. The summed E-state index contributed by atoms with van der Waals surface area (Å²) >= 11 is 3.18. The van der Waals surface area contributed by atoms with E-state index in [9.17, 15) is 9.59 Å². The van der Waals surface area contributed by atoms with Crippen LogP contribution >= 0.6 is 23.5 Å². The molecule has 0 radical (unpaired) electrons. The van der Waals surface area contributed by atoms with E-state index in [1.54, 1.807) is 0 Å². The van der Waals surface area contributed by atoms with Crippen molar-refractivity contribution in [1.82, 2.24) is 0 Å². The van der Waals surface area contributed by atoms with E-state index in [0.717, 1.165) is 21.8 Å². The third-order valence-corrected chi connectivity index (χ3v) is 6.91. The van der Waals surface area contributed by atoms with E-state index >= 15 is 0 Å². The molecule has 1 saturated carbocycles. The van der Waals surface area contributed by atoms with Gasteiger partial charge in [0.1, 0.15) is 0 Å². The van der Waals surface area contributed by atoms with E-state index < -0.39 is 0 Å². The molecule has 6 heteroatoms. The Morgan fingerprint density at radius 2 is 1.57 bits per heavy atom. The molecular formula is C22H26N2O2S2. The van der Waals surface area contributed by atoms with Gasteiger partial charge < -0.3 is 10.6 Å². The van der Waals surface area contributed by atoms with Gasteiger partial charge in [-0.15, -0.1) is 23.5 Å². The second kappa shape index (κ2) is 10.6. The molecule has 3 rings (SSSR count). The number of anilines is 2. The number of aryl methyl sites for hydroxylation is 1. The number of hydrogen-bond acceptors (Lipinski definition) is 4. The van der Waals surface area contributed by atoms with Crippen molar-refractivity contribution in [1.29, 1.82) is 0 Å². The predicted octanol–water partition coefficient (Wildman–Crippen LogP) is 5.34. The van der Waals surface area contributed by atoms with Crippen molar-refractivity contribution >= 4 is 46.7 Å². The molecule has 1 aliphatic rings. The Kier molecular flexibility index (Phi) is 7.86. The first kappa shape index (κ1) is 20.8. The van der Waals surface area contributed by atoms with Crippen LogP contribution in [0.3, 0.4) is 0 Å². The van der Waals surface area contributed by atoms with Gasteiger partial charge in [-0.1, -0.05) is 42.7 Å². The van der Waals surface area contributed by atoms with Crippen molar-refractivity contribution in [2.24, 2.45) is 0 Å². The first-order valence-electron chi connectivity index (χ1n) is 9.60. The molecule has 0 saturated heterocycles. The van der Waals surface area contributed by atoms with Gasteiger partial charge in [0, 0.05) is 15.8 Å². The molecule has 2 aromatic rings. The van der Waals surface area contributed by atoms with Gasteiger partial charge in [0.2, 0.25) is 11.8 Å². The zero-order valence-corrected chi connectivity index (χ0v) is 17.7. The predicted molar refractivity (Wildman–Crippen MR) is 120 cm³/mol. The fourth-order valence-corrected chi connectivity index (χ4v) is 5.06. The fraction of sp³-hybridized carbons (Fsp3) is 0.364. The largest absolute Gasteiger partial charge is 0.325 e. The minimum atomic E-state index is -0.0983. The summed E-state index contributed by atoms with van der Waals surface area (Å²) in [7, 11) is 0. The summed E-state index contributed by atoms with van der Waals surface area (Å²) in [6, 6.07) is 15.6. The van der Waals surface area contributed by atoms with E-state index in [-0.39, 0.29) is 23.3 Å². The molecule has 0 aliphatic heterocycles. The van der Waals surface area contributed by atoms with E-state index in [0.29, 0.717) is 5.25 Å². The molecular weight excluding hydrogens is 388 g/mol. The molecule has 2 aromatic carbocycles. The molecule has 0 unspecified atom stereocenters. The topological polar surface area (TPSA) is 58.2 Å². The second-order valence-electron chi connectivity index (χ2n) is 6.98. The van der Waals surface area contributed by atoms with Gasteiger partial charge in [0.25, 0.3) is 0 Å². The van der Waals surface area contributed by atoms with Crippen molar-refractivity contribution in [3.05, 3.63) is 54.1 Å². The summed E-state index contributed by atoms with van der Waals surface area (Å²) in [5.74, 6) is 0.329. The number of nitrogens with one attached hydrogen (secondary N) is 2. The zero-order chi connectivity index (χ0) is 19.8. The van der Waals surface area contributed by atoms with Gasteiger partial charge in [0.15, 0.2) is 0 Å². The summed E-state index contributed by atoms with van der Waals surface area (Å²) in [6.45, 7) is 2.00. The van der Waals surface area contributed by atoms with Crippen LogP contribution in [0, 0.1) is 6.92 Å². The number of para-hydroxylation sites is 1. The van der Waals surface area contributed by atoms with Crippen LogP contribution in [-0.4, -0.2) is 28.6 Å². The molecule has 2 amide bonds. The Bertz CT molecular complexity index is 802. The summed E-state index contributed by atoms with van der Waals surface area (Å²) in [4.78, 5) is 25.5. The third-order valence-electron chi connectivity index (χ3n) is 4.56. The lowest BCUT2D eigenvalue weighted by atomic mass is 10.2. The van der Waals surface area contributed by atoms with Gasteiger partial charge in [-0.25, -0.2) is 0 Å². The number of carbonyl (C=O) groups excluding carboxylic acids is 2. The summed E-state index contributed by atoms with van der Waals surface area (Å²) < 4.78 is 0. The Hall–Kier alpha value is -1.92. The summed E-state index contributed by atoms with van der Waals surface area (Å²) in [5.41, 5.74) is 2.79. The molecule has 28 heavy (non-hydrogen) atoms. The lowest BCUT2D eigenvalue weighted by molar-refractivity contribution is -0.114. The van der Waals surface area contributed by atoms with Crippen LogP contribution < -0.4 is 10.6 Å². The maximum atomic E-state index is 12.3. The Morgan fingerprint density at radius 1 is 0.929 bits per heavy atom. The van der Waals surface area contributed by atoms with E-state index in [2.05, 4.69) is 16.7 Å². The maximum Gasteiger partial charge on any atom is 0.234 e. The summed E-state index contributed by atoms with van der Waals surface area (Å²) in [5, 5.41) is 6.50. The monoisotopic (exact) mass is 414 g/mol. The third kappa shape index (κ3) is 6.60. The molecule has 1 aliphatic carbocycles. The highest BCUT2D eigenvalue weighted by Crippen LogP contribution is 2.38. The average Bonchev–Trinajstić information content (AvgIpc) is 3.18. The average molecular weight is 415 g/mol. The van der Waals surface area contributed by atoms with Crippen LogP contribution in [0.15, 0.2) is 53.4 Å². The van der Waals surface area contributed by atoms with Gasteiger partial charge in [0.05, 0.1) is 17.2 Å². The highest BCUT2D eigenvalue weighted by molar-refractivity contribution is 8.00. The van der Waals surface area contributed by atoms with Crippen LogP contribution in [0.4, 0.5) is 11.4 Å². The number of rotatable bonds is 8. The number of carbonyl (C=O) groups is 2. The molecule has 0 heterocycles. The number of amides is 2. The summed E-state index contributed by atoms with van der Waals surface area (Å²) in [6.07, 6.45) is 5.10. The highest BCUT2D eigenvalue weighted by Gasteiger charge is 2.18. The van der Waals surface area contributed by atoms with Crippen LogP contribution in [0.2, 0.25) is 0 Å². The van der Waals surface area contributed by atoms with Gasteiger partial charge in [-0.2, -0.15) is 0 Å². The van der Waals surface area contributed by atoms with Crippen LogP contribution in [0.1, 0.15) is 31.2 Å². The van der Waals surface area contributed by atoms with E-state index in [1.807, 2.05) is 61.2 Å². The minimum Gasteiger partial charge on any atom is -0.325 e. The molecule has 1 fully saturated rings. The second-order valence-corrected chi connectivity index (χ2v) is 9.30. The van der Waals surface area contributed by atoms with Crippen molar-refractivity contribution in [3.8, 4) is 0 Å². The van der Waals surface area contributed by atoms with Crippen molar-refractivity contribution < 1.29 is 9.59 Å². The van der Waals surface area contributed by atoms with E-state index in [4.69, 9.17) is 0 Å². The number of hydrogen-bond donors (Lipinski definition) is 2. The quantitative estimate of drug-likeness (QED) is 0.612. The number of thioether (sulfide) groups is 2. The molecule has 4 nitrogen and oxygen atoms in total. The molecule has 148 valence electrons. The zero-order valence-electron chi connectivity index (χ0n) is 16.1.